The van der Waals surface area contributed by atoms with Gasteiger partial charge < -0.3 is 25.1 Å². The van der Waals surface area contributed by atoms with Crippen molar-refractivity contribution in [2.24, 2.45) is 0 Å². The number of nitrogens with zero attached hydrogens (tertiary/aromatic N) is 1. The van der Waals surface area contributed by atoms with Crippen molar-refractivity contribution in [1.82, 2.24) is 4.98 Å². The third-order valence-corrected chi connectivity index (χ3v) is 5.73. The van der Waals surface area contributed by atoms with Crippen LogP contribution in [0.4, 0.5) is 5.69 Å². The summed E-state index contributed by atoms with van der Waals surface area (Å²) in [5.74, 6) is -1.11. The number of carboxylic acid groups (broad SMARTS) is 1. The number of fused-ring (bicyclic) bond motifs is 1. The number of aromatic hydroxyl groups is 1. The zero-order valence-electron chi connectivity index (χ0n) is 18.9. The van der Waals surface area contributed by atoms with Crippen molar-refractivity contribution in [2.45, 2.75) is 20.8 Å². The first-order valence-electron chi connectivity index (χ1n) is 10.0. The van der Waals surface area contributed by atoms with Gasteiger partial charge in [-0.25, -0.2) is 0 Å². The molecule has 0 spiro atoms. The molecule has 1 aromatic heterocycles. The Morgan fingerprint density at radius 2 is 1.85 bits per heavy atom. The summed E-state index contributed by atoms with van der Waals surface area (Å²) in [5.41, 5.74) is 4.46. The predicted molar refractivity (Wildman–Crippen MR) is 118 cm³/mol. The minimum absolute atomic E-state index is 0. The maximum absolute atomic E-state index is 12.9. The Balaban J connectivity index is 0.00000306. The molecule has 7 nitrogen and oxygen atoms in total. The van der Waals surface area contributed by atoms with Crippen molar-refractivity contribution < 1.29 is 54.1 Å². The van der Waals surface area contributed by atoms with Gasteiger partial charge in [-0.2, -0.15) is 0 Å². The smallest absolute Gasteiger partial charge is 0.545 e. The SMILES string of the molecule is Cc1c(C)c2c(c(C)c1O)C=C(C(=O)Nc1ccc(-c3cccnc3)cc1C(=O)[O-])CO2.[Na+]. The number of carbonyl (C=O) groups is 2. The largest absolute Gasteiger partial charge is 1.00 e. The molecule has 162 valence electrons. The monoisotopic (exact) mass is 452 g/mol. The molecule has 0 bridgehead atoms. The van der Waals surface area contributed by atoms with E-state index in [1.807, 2.05) is 19.9 Å². The summed E-state index contributed by atoms with van der Waals surface area (Å²) in [7, 11) is 0. The molecule has 1 aliphatic heterocycles. The predicted octanol–water partition coefficient (Wildman–Crippen LogP) is 0.161. The average Bonchev–Trinajstić information content (AvgIpc) is 2.81. The van der Waals surface area contributed by atoms with Crippen molar-refractivity contribution in [3.05, 3.63) is 76.1 Å². The molecular weight excluding hydrogens is 431 g/mol. The van der Waals surface area contributed by atoms with Crippen LogP contribution in [0.2, 0.25) is 0 Å². The van der Waals surface area contributed by atoms with Gasteiger partial charge in [0.05, 0.1) is 17.2 Å². The Morgan fingerprint density at radius 1 is 1.09 bits per heavy atom. The van der Waals surface area contributed by atoms with Crippen LogP contribution in [0.5, 0.6) is 11.5 Å². The van der Waals surface area contributed by atoms with Gasteiger partial charge >= 0.3 is 29.6 Å². The number of amides is 1. The Labute approximate surface area is 213 Å². The molecule has 1 amide bonds. The maximum atomic E-state index is 12.9. The first-order valence-corrected chi connectivity index (χ1v) is 10.0. The number of aromatic carboxylic acids is 1. The summed E-state index contributed by atoms with van der Waals surface area (Å²) < 4.78 is 5.82. The number of phenols is 1. The summed E-state index contributed by atoms with van der Waals surface area (Å²) in [6.07, 6.45) is 4.91. The van der Waals surface area contributed by atoms with Crippen LogP contribution in [0.15, 0.2) is 48.3 Å². The molecule has 0 fully saturated rings. The normalized spacial score (nSPS) is 12.0. The summed E-state index contributed by atoms with van der Waals surface area (Å²) in [6, 6.07) is 8.22. The topological polar surface area (TPSA) is 112 Å². The number of hydrogen-bond donors (Lipinski definition) is 2. The third-order valence-electron chi connectivity index (χ3n) is 5.73. The molecule has 8 heteroatoms. The number of nitrogens with one attached hydrogen (secondary N) is 1. The molecule has 4 rings (SSSR count). The fraction of sp³-hybridized carbons (Fsp3) is 0.160. The van der Waals surface area contributed by atoms with Crippen molar-refractivity contribution in [1.29, 1.82) is 0 Å². The minimum Gasteiger partial charge on any atom is -0.545 e. The summed E-state index contributed by atoms with van der Waals surface area (Å²) in [4.78, 5) is 28.7. The molecule has 3 aromatic rings. The van der Waals surface area contributed by atoms with Crippen molar-refractivity contribution in [3.63, 3.8) is 0 Å². The number of pyridine rings is 1. The number of benzene rings is 2. The molecule has 2 heterocycles. The minimum atomic E-state index is -1.41. The van der Waals surface area contributed by atoms with Crippen LogP contribution < -0.4 is 44.7 Å². The summed E-state index contributed by atoms with van der Waals surface area (Å²) in [6.45, 7) is 5.44. The van der Waals surface area contributed by atoms with E-state index in [0.29, 0.717) is 28.0 Å². The van der Waals surface area contributed by atoms with E-state index in [-0.39, 0.29) is 53.2 Å². The van der Waals surface area contributed by atoms with Gasteiger partial charge in [0.25, 0.3) is 5.91 Å². The second-order valence-corrected chi connectivity index (χ2v) is 7.67. The van der Waals surface area contributed by atoms with Gasteiger partial charge in [-0.05, 0) is 61.7 Å². The van der Waals surface area contributed by atoms with Gasteiger partial charge in [0.1, 0.15) is 18.1 Å². The fourth-order valence-electron chi connectivity index (χ4n) is 3.72. The van der Waals surface area contributed by atoms with Gasteiger partial charge in [0.2, 0.25) is 0 Å². The van der Waals surface area contributed by atoms with Gasteiger partial charge in [-0.1, -0.05) is 12.1 Å². The molecule has 0 saturated heterocycles. The molecule has 0 aliphatic carbocycles. The standard InChI is InChI=1S/C25H22N2O5.Na/c1-13-14(2)23-19(15(3)22(13)28)10-18(12-32-23)24(29)27-21-7-6-16(9-20(21)25(30)31)17-5-4-8-26-11-17;/h4-11,28H,12H2,1-3H3,(H,27,29)(H,30,31);/q;+1/p-1. The van der Waals surface area contributed by atoms with E-state index in [1.165, 1.54) is 12.1 Å². The van der Waals surface area contributed by atoms with Crippen LogP contribution in [-0.4, -0.2) is 28.6 Å². The van der Waals surface area contributed by atoms with Crippen LogP contribution in [-0.2, 0) is 4.79 Å². The molecule has 0 saturated carbocycles. The van der Waals surface area contributed by atoms with Crippen LogP contribution >= 0.6 is 0 Å². The third kappa shape index (κ3) is 4.66. The first-order chi connectivity index (χ1) is 15.3. The van der Waals surface area contributed by atoms with Gasteiger partial charge in [-0.15, -0.1) is 0 Å². The van der Waals surface area contributed by atoms with E-state index in [1.54, 1.807) is 37.5 Å². The molecule has 33 heavy (non-hydrogen) atoms. The number of aromatic nitrogens is 1. The zero-order valence-corrected chi connectivity index (χ0v) is 20.9. The molecule has 0 radical (unpaired) electrons. The second kappa shape index (κ2) is 9.79. The number of carboxylic acids is 1. The van der Waals surface area contributed by atoms with Crippen molar-refractivity contribution in [3.8, 4) is 22.6 Å². The van der Waals surface area contributed by atoms with E-state index in [0.717, 1.165) is 16.7 Å². The number of rotatable bonds is 4. The maximum Gasteiger partial charge on any atom is 1.00 e. The molecule has 0 unspecified atom stereocenters. The number of ether oxygens (including phenoxy) is 1. The van der Waals surface area contributed by atoms with Gasteiger partial charge in [0.15, 0.2) is 0 Å². The van der Waals surface area contributed by atoms with E-state index >= 15 is 0 Å². The first kappa shape index (κ1) is 24.5. The quantitative estimate of drug-likeness (QED) is 0.546. The Morgan fingerprint density at radius 3 is 2.52 bits per heavy atom. The Hall–Kier alpha value is -3.13. The number of carbonyl (C=O) groups excluding carboxylic acids is 2. The Bertz CT molecular complexity index is 1290. The van der Waals surface area contributed by atoms with E-state index in [9.17, 15) is 19.8 Å². The summed E-state index contributed by atoms with van der Waals surface area (Å²) >= 11 is 0. The molecule has 1 aliphatic rings. The number of hydrogen-bond acceptors (Lipinski definition) is 6. The average molecular weight is 452 g/mol. The van der Waals surface area contributed by atoms with Gasteiger partial charge in [-0.3, -0.25) is 9.78 Å². The number of anilines is 1. The van der Waals surface area contributed by atoms with Crippen LogP contribution in [0, 0.1) is 20.8 Å². The second-order valence-electron chi connectivity index (χ2n) is 7.67. The van der Waals surface area contributed by atoms with Crippen LogP contribution in [0.1, 0.15) is 32.6 Å². The van der Waals surface area contributed by atoms with Crippen molar-refractivity contribution >= 4 is 23.6 Å². The molecular formula is C25H21N2NaO5. The van der Waals surface area contributed by atoms with Crippen molar-refractivity contribution in [2.75, 3.05) is 11.9 Å². The molecule has 0 atom stereocenters. The van der Waals surface area contributed by atoms with Crippen LogP contribution in [0.25, 0.3) is 17.2 Å². The van der Waals surface area contributed by atoms with E-state index in [4.69, 9.17) is 4.74 Å². The van der Waals surface area contributed by atoms with Crippen LogP contribution in [0.3, 0.4) is 0 Å². The number of phenolic OH excluding ortho intramolecular Hbond substituents is 1. The van der Waals surface area contributed by atoms with E-state index < -0.39 is 11.9 Å². The Kier molecular flexibility index (Phi) is 7.27. The molecule has 2 aromatic carbocycles. The molecule has 2 N–H and O–H groups in total. The zero-order chi connectivity index (χ0) is 23.0. The van der Waals surface area contributed by atoms with Gasteiger partial charge in [0, 0.05) is 34.6 Å². The summed E-state index contributed by atoms with van der Waals surface area (Å²) in [5, 5.41) is 24.7. The van der Waals surface area contributed by atoms with E-state index in [2.05, 4.69) is 10.3 Å². The fourth-order valence-corrected chi connectivity index (χ4v) is 3.72.